The minimum absolute atomic E-state index is 0.632. The van der Waals surface area contributed by atoms with Gasteiger partial charge < -0.3 is 10.5 Å². The summed E-state index contributed by atoms with van der Waals surface area (Å²) in [6.45, 7) is 2.07. The zero-order chi connectivity index (χ0) is 12.1. The first-order chi connectivity index (χ1) is 7.58. The quantitative estimate of drug-likeness (QED) is 0.659. The molecule has 0 saturated carbocycles. The highest BCUT2D eigenvalue weighted by atomic mass is 79.9. The lowest BCUT2D eigenvalue weighted by Crippen LogP contribution is -2.09. The Kier molecular flexibility index (Phi) is 5.28. The number of rotatable bonds is 4. The van der Waals surface area contributed by atoms with E-state index in [0.717, 1.165) is 33.2 Å². The van der Waals surface area contributed by atoms with Gasteiger partial charge in [0.2, 0.25) is 0 Å². The van der Waals surface area contributed by atoms with E-state index in [1.807, 2.05) is 12.1 Å². The molecule has 2 N–H and O–H groups in total. The number of benzene rings is 1. The van der Waals surface area contributed by atoms with Gasteiger partial charge in [-0.05, 0) is 44.3 Å². The van der Waals surface area contributed by atoms with Gasteiger partial charge in [0.25, 0.3) is 0 Å². The first-order valence-corrected chi connectivity index (χ1v) is 6.53. The van der Waals surface area contributed by atoms with E-state index in [-0.39, 0.29) is 0 Å². The van der Waals surface area contributed by atoms with Gasteiger partial charge in [-0.2, -0.15) is 0 Å². The van der Waals surface area contributed by atoms with Crippen molar-refractivity contribution in [2.24, 2.45) is 10.7 Å². The topological polar surface area (TPSA) is 47.6 Å². The Morgan fingerprint density at radius 3 is 2.62 bits per heavy atom. The molecule has 1 rings (SSSR count). The largest absolute Gasteiger partial charge is 0.495 e. The molecular weight excluding hydrogens is 336 g/mol. The second kappa shape index (κ2) is 6.25. The SMILES string of the molecule is CCCC(N)=Nc1cc(OC)c(Br)cc1Br. The number of hydrogen-bond acceptors (Lipinski definition) is 2. The van der Waals surface area contributed by atoms with Crippen LogP contribution >= 0.6 is 31.9 Å². The lowest BCUT2D eigenvalue weighted by molar-refractivity contribution is 0.412. The van der Waals surface area contributed by atoms with Gasteiger partial charge in [-0.1, -0.05) is 6.92 Å². The highest BCUT2D eigenvalue weighted by molar-refractivity contribution is 9.11. The first kappa shape index (κ1) is 13.5. The van der Waals surface area contributed by atoms with E-state index in [4.69, 9.17) is 10.5 Å². The molecule has 0 aromatic heterocycles. The number of nitrogens with zero attached hydrogens (tertiary/aromatic N) is 1. The second-order valence-corrected chi connectivity index (χ2v) is 5.00. The summed E-state index contributed by atoms with van der Waals surface area (Å²) in [7, 11) is 1.62. The Labute approximate surface area is 112 Å². The summed E-state index contributed by atoms with van der Waals surface area (Å²) in [5.74, 6) is 1.37. The smallest absolute Gasteiger partial charge is 0.135 e. The van der Waals surface area contributed by atoms with Crippen LogP contribution < -0.4 is 10.5 Å². The molecule has 0 atom stereocenters. The summed E-state index contributed by atoms with van der Waals surface area (Å²) in [5, 5.41) is 0. The molecule has 0 aliphatic heterocycles. The number of hydrogen-bond donors (Lipinski definition) is 1. The number of ether oxygens (including phenoxy) is 1. The molecular formula is C11H14Br2N2O. The Morgan fingerprint density at radius 2 is 2.06 bits per heavy atom. The summed E-state index contributed by atoms with van der Waals surface area (Å²) in [5.41, 5.74) is 6.57. The molecule has 1 aromatic rings. The summed E-state index contributed by atoms with van der Waals surface area (Å²) in [4.78, 5) is 4.34. The molecule has 0 fully saturated rings. The summed E-state index contributed by atoms with van der Waals surface area (Å²) in [6, 6.07) is 3.74. The van der Waals surface area contributed by atoms with Crippen LogP contribution in [-0.4, -0.2) is 12.9 Å². The van der Waals surface area contributed by atoms with Crippen molar-refractivity contribution in [2.75, 3.05) is 7.11 Å². The van der Waals surface area contributed by atoms with Gasteiger partial charge in [0.1, 0.15) is 5.75 Å². The van der Waals surface area contributed by atoms with Crippen LogP contribution in [-0.2, 0) is 0 Å². The highest BCUT2D eigenvalue weighted by Gasteiger charge is 2.06. The molecule has 0 bridgehead atoms. The summed E-state index contributed by atoms with van der Waals surface area (Å²) < 4.78 is 6.98. The average Bonchev–Trinajstić information content (AvgIpc) is 2.22. The molecule has 0 radical (unpaired) electrons. The van der Waals surface area contributed by atoms with Crippen molar-refractivity contribution in [3.05, 3.63) is 21.1 Å². The number of halogens is 2. The first-order valence-electron chi connectivity index (χ1n) is 4.94. The monoisotopic (exact) mass is 348 g/mol. The molecule has 88 valence electrons. The molecule has 0 amide bonds. The molecule has 1 aromatic carbocycles. The third kappa shape index (κ3) is 3.49. The molecule has 0 aliphatic rings. The Balaban J connectivity index is 3.09. The van der Waals surface area contributed by atoms with Gasteiger partial charge in [-0.3, -0.25) is 0 Å². The van der Waals surface area contributed by atoms with Gasteiger partial charge in [0, 0.05) is 17.0 Å². The van der Waals surface area contributed by atoms with Gasteiger partial charge in [0.05, 0.1) is 23.1 Å². The maximum Gasteiger partial charge on any atom is 0.135 e. The second-order valence-electron chi connectivity index (χ2n) is 3.29. The predicted octanol–water partition coefficient (Wildman–Crippen LogP) is 4.01. The number of amidine groups is 1. The van der Waals surface area contributed by atoms with E-state index in [1.165, 1.54) is 0 Å². The Bertz CT molecular complexity index is 405. The standard InChI is InChI=1S/C11H14Br2N2O/c1-3-4-11(14)15-9-6-10(16-2)8(13)5-7(9)12/h5-6H,3-4H2,1-2H3,(H2,14,15). The lowest BCUT2D eigenvalue weighted by atomic mass is 10.3. The van der Waals surface area contributed by atoms with Crippen molar-refractivity contribution in [3.63, 3.8) is 0 Å². The van der Waals surface area contributed by atoms with Gasteiger partial charge >= 0.3 is 0 Å². The minimum Gasteiger partial charge on any atom is -0.495 e. The summed E-state index contributed by atoms with van der Waals surface area (Å²) in [6.07, 6.45) is 1.78. The van der Waals surface area contributed by atoms with Crippen LogP contribution in [0.5, 0.6) is 5.75 Å². The fraction of sp³-hybridized carbons (Fsp3) is 0.364. The van der Waals surface area contributed by atoms with Crippen LogP contribution in [0.15, 0.2) is 26.1 Å². The van der Waals surface area contributed by atoms with Crippen LogP contribution in [0.4, 0.5) is 5.69 Å². The van der Waals surface area contributed by atoms with Gasteiger partial charge in [0.15, 0.2) is 0 Å². The summed E-state index contributed by atoms with van der Waals surface area (Å²) >= 11 is 6.85. The van der Waals surface area contributed by atoms with Crippen molar-refractivity contribution in [1.82, 2.24) is 0 Å². The molecule has 16 heavy (non-hydrogen) atoms. The van der Waals surface area contributed by atoms with Crippen LogP contribution in [0.25, 0.3) is 0 Å². The average molecular weight is 350 g/mol. The normalized spacial score (nSPS) is 11.6. The molecule has 0 heterocycles. The van der Waals surface area contributed by atoms with E-state index in [0.29, 0.717) is 5.84 Å². The number of methoxy groups -OCH3 is 1. The van der Waals surface area contributed by atoms with E-state index in [9.17, 15) is 0 Å². The predicted molar refractivity (Wildman–Crippen MR) is 74.6 cm³/mol. The third-order valence-corrected chi connectivity index (χ3v) is 3.25. The van der Waals surface area contributed by atoms with Gasteiger partial charge in [-0.25, -0.2) is 4.99 Å². The van der Waals surface area contributed by atoms with Crippen LogP contribution in [0.2, 0.25) is 0 Å². The molecule has 0 aliphatic carbocycles. The zero-order valence-corrected chi connectivity index (χ0v) is 12.4. The molecule has 0 spiro atoms. The fourth-order valence-corrected chi connectivity index (χ4v) is 2.47. The fourth-order valence-electron chi connectivity index (χ4n) is 1.23. The van der Waals surface area contributed by atoms with E-state index in [2.05, 4.69) is 43.8 Å². The molecule has 0 unspecified atom stereocenters. The van der Waals surface area contributed by atoms with Crippen molar-refractivity contribution in [2.45, 2.75) is 19.8 Å². The van der Waals surface area contributed by atoms with Crippen molar-refractivity contribution in [1.29, 1.82) is 0 Å². The zero-order valence-electron chi connectivity index (χ0n) is 9.26. The van der Waals surface area contributed by atoms with Gasteiger partial charge in [-0.15, -0.1) is 0 Å². The van der Waals surface area contributed by atoms with Crippen LogP contribution in [0.1, 0.15) is 19.8 Å². The maximum atomic E-state index is 5.79. The van der Waals surface area contributed by atoms with Crippen molar-refractivity contribution in [3.8, 4) is 5.75 Å². The highest BCUT2D eigenvalue weighted by Crippen LogP contribution is 2.36. The molecule has 3 nitrogen and oxygen atoms in total. The lowest BCUT2D eigenvalue weighted by Gasteiger charge is -2.07. The van der Waals surface area contributed by atoms with Crippen molar-refractivity contribution >= 4 is 43.4 Å². The molecule has 5 heteroatoms. The minimum atomic E-state index is 0.632. The molecule has 0 saturated heterocycles. The van der Waals surface area contributed by atoms with E-state index >= 15 is 0 Å². The Hall–Kier alpha value is -0.550. The van der Waals surface area contributed by atoms with Crippen LogP contribution in [0.3, 0.4) is 0 Å². The number of aliphatic imine (C=N–C) groups is 1. The number of nitrogens with two attached hydrogens (primary N) is 1. The van der Waals surface area contributed by atoms with Crippen molar-refractivity contribution < 1.29 is 4.74 Å². The van der Waals surface area contributed by atoms with E-state index < -0.39 is 0 Å². The maximum absolute atomic E-state index is 5.79. The third-order valence-electron chi connectivity index (χ3n) is 1.99. The van der Waals surface area contributed by atoms with Crippen LogP contribution in [0, 0.1) is 0 Å². The van der Waals surface area contributed by atoms with E-state index in [1.54, 1.807) is 7.11 Å². The Morgan fingerprint density at radius 1 is 1.38 bits per heavy atom.